The van der Waals surface area contributed by atoms with Gasteiger partial charge >= 0.3 is 0 Å². The Labute approximate surface area is 72.4 Å². The van der Waals surface area contributed by atoms with E-state index in [0.717, 1.165) is 11.4 Å². The van der Waals surface area contributed by atoms with Gasteiger partial charge in [-0.2, -0.15) is 0 Å². The van der Waals surface area contributed by atoms with Gasteiger partial charge in [0.15, 0.2) is 0 Å². The van der Waals surface area contributed by atoms with E-state index in [2.05, 4.69) is 16.5 Å². The van der Waals surface area contributed by atoms with Crippen LogP contribution in [-0.2, 0) is 0 Å². The summed E-state index contributed by atoms with van der Waals surface area (Å²) in [5.74, 6) is 1.54. The van der Waals surface area contributed by atoms with Gasteiger partial charge in [-0.05, 0) is 19.8 Å². The van der Waals surface area contributed by atoms with E-state index in [1.165, 1.54) is 18.5 Å². The van der Waals surface area contributed by atoms with Gasteiger partial charge in [0.2, 0.25) is 0 Å². The van der Waals surface area contributed by atoms with Crippen LogP contribution in [0.4, 0.5) is 0 Å². The zero-order chi connectivity index (χ0) is 8.55. The van der Waals surface area contributed by atoms with E-state index in [4.69, 9.17) is 0 Å². The Kier molecular flexibility index (Phi) is 1.68. The third kappa shape index (κ3) is 1.24. The van der Waals surface area contributed by atoms with Crippen molar-refractivity contribution in [3.05, 3.63) is 29.9 Å². The van der Waals surface area contributed by atoms with Crippen molar-refractivity contribution < 1.29 is 0 Å². The third-order valence-electron chi connectivity index (χ3n) is 2.15. The Morgan fingerprint density at radius 2 is 2.33 bits per heavy atom. The smallest absolute Gasteiger partial charge is 0.125 e. The molecule has 2 rings (SSSR count). The van der Waals surface area contributed by atoms with Crippen LogP contribution in [-0.4, -0.2) is 9.97 Å². The second kappa shape index (κ2) is 2.70. The zero-order valence-electron chi connectivity index (χ0n) is 7.25. The molecule has 1 heterocycles. The van der Waals surface area contributed by atoms with Crippen LogP contribution in [0.3, 0.4) is 0 Å². The van der Waals surface area contributed by atoms with E-state index in [1.54, 1.807) is 0 Å². The lowest BCUT2D eigenvalue weighted by atomic mass is 10.1. The van der Waals surface area contributed by atoms with Gasteiger partial charge in [0.25, 0.3) is 0 Å². The van der Waals surface area contributed by atoms with Gasteiger partial charge in [-0.1, -0.05) is 12.7 Å². The molecule has 62 valence electrons. The summed E-state index contributed by atoms with van der Waals surface area (Å²) in [6.07, 6.45) is 6.25. The van der Waals surface area contributed by atoms with Crippen LogP contribution < -0.4 is 0 Å². The molecule has 0 spiro atoms. The molecule has 1 aliphatic carbocycles. The average molecular weight is 160 g/mol. The van der Waals surface area contributed by atoms with Crippen molar-refractivity contribution in [3.8, 4) is 0 Å². The predicted octanol–water partition coefficient (Wildman–Crippen LogP) is 2.31. The zero-order valence-corrected chi connectivity index (χ0v) is 7.25. The molecule has 1 saturated carbocycles. The van der Waals surface area contributed by atoms with Gasteiger partial charge in [-0.3, -0.25) is 0 Å². The normalized spacial score (nSPS) is 16.1. The van der Waals surface area contributed by atoms with Crippen LogP contribution in [0.5, 0.6) is 0 Å². The van der Waals surface area contributed by atoms with E-state index >= 15 is 0 Å². The van der Waals surface area contributed by atoms with Crippen LogP contribution in [0.25, 0.3) is 6.08 Å². The van der Waals surface area contributed by atoms with Crippen LogP contribution >= 0.6 is 0 Å². The summed E-state index contributed by atoms with van der Waals surface area (Å²) in [4.78, 5) is 8.56. The van der Waals surface area contributed by atoms with E-state index < -0.39 is 0 Å². The molecule has 1 aromatic heterocycles. The fourth-order valence-corrected chi connectivity index (χ4v) is 1.34. The van der Waals surface area contributed by atoms with Gasteiger partial charge in [0, 0.05) is 17.7 Å². The maximum absolute atomic E-state index is 4.42. The van der Waals surface area contributed by atoms with Crippen molar-refractivity contribution in [3.63, 3.8) is 0 Å². The van der Waals surface area contributed by atoms with Crippen molar-refractivity contribution in [2.45, 2.75) is 25.7 Å². The molecule has 2 nitrogen and oxygen atoms in total. The lowest BCUT2D eigenvalue weighted by Gasteiger charge is -2.02. The van der Waals surface area contributed by atoms with Crippen molar-refractivity contribution in [1.82, 2.24) is 9.97 Å². The summed E-state index contributed by atoms with van der Waals surface area (Å²) in [7, 11) is 0. The molecule has 0 aromatic carbocycles. The summed E-state index contributed by atoms with van der Waals surface area (Å²) >= 11 is 0. The molecule has 2 heteroatoms. The molecule has 0 radical (unpaired) electrons. The topological polar surface area (TPSA) is 25.8 Å². The first kappa shape index (κ1) is 7.47. The quantitative estimate of drug-likeness (QED) is 0.663. The molecule has 1 aromatic rings. The third-order valence-corrected chi connectivity index (χ3v) is 2.15. The van der Waals surface area contributed by atoms with Gasteiger partial charge in [-0.15, -0.1) is 0 Å². The molecule has 12 heavy (non-hydrogen) atoms. The maximum atomic E-state index is 4.42. The Hall–Kier alpha value is -1.18. The van der Waals surface area contributed by atoms with Gasteiger partial charge < -0.3 is 0 Å². The Bertz CT molecular complexity index is 314. The fourth-order valence-electron chi connectivity index (χ4n) is 1.34. The van der Waals surface area contributed by atoms with Gasteiger partial charge in [-0.25, -0.2) is 9.97 Å². The summed E-state index contributed by atoms with van der Waals surface area (Å²) in [5, 5.41) is 0. The van der Waals surface area contributed by atoms with E-state index in [9.17, 15) is 0 Å². The van der Waals surface area contributed by atoms with Gasteiger partial charge in [0.1, 0.15) is 5.82 Å². The van der Waals surface area contributed by atoms with Gasteiger partial charge in [0.05, 0.1) is 5.69 Å². The minimum atomic E-state index is 0.680. The molecular weight excluding hydrogens is 148 g/mol. The van der Waals surface area contributed by atoms with Crippen molar-refractivity contribution in [1.29, 1.82) is 0 Å². The van der Waals surface area contributed by atoms with Crippen LogP contribution in [0.15, 0.2) is 12.8 Å². The van der Waals surface area contributed by atoms with E-state index in [-0.39, 0.29) is 0 Å². The maximum Gasteiger partial charge on any atom is 0.125 e. The minimum absolute atomic E-state index is 0.680. The molecule has 0 amide bonds. The summed E-state index contributed by atoms with van der Waals surface area (Å²) in [6.45, 7) is 5.68. The molecule has 0 saturated heterocycles. The second-order valence-electron chi connectivity index (χ2n) is 3.24. The highest BCUT2D eigenvalue weighted by molar-refractivity contribution is 5.50. The summed E-state index contributed by atoms with van der Waals surface area (Å²) < 4.78 is 0. The SMILES string of the molecule is C=Cc1cnc(C)nc1C1CC1. The molecule has 0 atom stereocenters. The Balaban J connectivity index is 2.46. The molecule has 1 fully saturated rings. The first-order chi connectivity index (χ1) is 5.81. The molecule has 1 aliphatic rings. The highest BCUT2D eigenvalue weighted by Gasteiger charge is 2.27. The van der Waals surface area contributed by atoms with E-state index in [0.29, 0.717) is 5.92 Å². The Morgan fingerprint density at radius 3 is 2.92 bits per heavy atom. The lowest BCUT2D eigenvalue weighted by molar-refractivity contribution is 0.934. The highest BCUT2D eigenvalue weighted by Crippen LogP contribution is 2.40. The first-order valence-corrected chi connectivity index (χ1v) is 4.27. The van der Waals surface area contributed by atoms with Crippen LogP contribution in [0.1, 0.15) is 35.8 Å². The number of hydrogen-bond acceptors (Lipinski definition) is 2. The van der Waals surface area contributed by atoms with Crippen molar-refractivity contribution in [2.75, 3.05) is 0 Å². The number of nitrogens with zero attached hydrogens (tertiary/aromatic N) is 2. The average Bonchev–Trinajstić information content (AvgIpc) is 2.87. The standard InChI is InChI=1S/C10H12N2/c1-3-8-6-11-7(2)12-10(8)9-4-5-9/h3,6,9H,1,4-5H2,2H3. The number of hydrogen-bond donors (Lipinski definition) is 0. The predicted molar refractivity (Wildman–Crippen MR) is 48.8 cm³/mol. The van der Waals surface area contributed by atoms with Crippen LogP contribution in [0.2, 0.25) is 0 Å². The minimum Gasteiger partial charge on any atom is -0.241 e. The monoisotopic (exact) mass is 160 g/mol. The molecule has 0 bridgehead atoms. The van der Waals surface area contributed by atoms with Crippen molar-refractivity contribution in [2.24, 2.45) is 0 Å². The summed E-state index contributed by atoms with van der Waals surface area (Å²) in [5.41, 5.74) is 2.29. The van der Waals surface area contributed by atoms with Crippen LogP contribution in [0, 0.1) is 6.92 Å². The fraction of sp³-hybridized carbons (Fsp3) is 0.400. The van der Waals surface area contributed by atoms with E-state index in [1.807, 2.05) is 19.2 Å². The second-order valence-corrected chi connectivity index (χ2v) is 3.24. The molecule has 0 N–H and O–H groups in total. The number of rotatable bonds is 2. The van der Waals surface area contributed by atoms with Crippen molar-refractivity contribution >= 4 is 6.08 Å². The number of aromatic nitrogens is 2. The molecule has 0 aliphatic heterocycles. The summed E-state index contributed by atoms with van der Waals surface area (Å²) in [6, 6.07) is 0. The molecule has 0 unspecified atom stereocenters. The first-order valence-electron chi connectivity index (χ1n) is 4.27. The lowest BCUT2D eigenvalue weighted by Crippen LogP contribution is -1.96. The molecular formula is C10H12N2. The number of aryl methyl sites for hydroxylation is 1. The largest absolute Gasteiger partial charge is 0.241 e. The Morgan fingerprint density at radius 1 is 1.58 bits per heavy atom. The highest BCUT2D eigenvalue weighted by atomic mass is 14.9.